The summed E-state index contributed by atoms with van der Waals surface area (Å²) >= 11 is 0. The van der Waals surface area contributed by atoms with Gasteiger partial charge in [0.25, 0.3) is 5.91 Å². The van der Waals surface area contributed by atoms with Crippen LogP contribution in [0, 0.1) is 17.3 Å². The van der Waals surface area contributed by atoms with E-state index >= 15 is 4.79 Å². The molecule has 11 atom stereocenters. The molecule has 11 unspecified atom stereocenters. The highest BCUT2D eigenvalue weighted by atomic mass is 16.8. The van der Waals surface area contributed by atoms with Crippen LogP contribution in [0.3, 0.4) is 0 Å². The van der Waals surface area contributed by atoms with E-state index in [2.05, 4.69) is 9.97 Å². The average molecular weight is 920 g/mol. The lowest BCUT2D eigenvalue weighted by Gasteiger charge is -2.62. The lowest BCUT2D eigenvalue weighted by molar-refractivity contribution is -0.422. The molecular formula is C50H53N3O14. The Morgan fingerprint density at radius 2 is 1.79 bits per heavy atom. The van der Waals surface area contributed by atoms with Gasteiger partial charge in [0.2, 0.25) is 0 Å². The maximum atomic E-state index is 15.3. The van der Waals surface area contributed by atoms with Crippen molar-refractivity contribution in [2.45, 2.75) is 98.6 Å². The molecule has 17 nitrogen and oxygen atoms in total. The number of rotatable bonds is 10. The van der Waals surface area contributed by atoms with E-state index in [9.17, 15) is 55.9 Å². The third kappa shape index (κ3) is 6.50. The van der Waals surface area contributed by atoms with E-state index in [0.717, 1.165) is 47.9 Å². The highest BCUT2D eigenvalue weighted by Crippen LogP contribution is 2.76. The van der Waals surface area contributed by atoms with Crippen molar-refractivity contribution in [3.05, 3.63) is 124 Å². The number of carboxylic acid groups (broad SMARTS) is 1. The molecule has 10 rings (SSSR count). The number of aryl methyl sites for hydroxylation is 1. The number of ether oxygens (including phenoxy) is 2. The molecule has 67 heavy (non-hydrogen) atoms. The first kappa shape index (κ1) is 44.8. The van der Waals surface area contributed by atoms with Gasteiger partial charge in [-0.3, -0.25) is 9.69 Å². The van der Waals surface area contributed by atoms with E-state index in [-0.39, 0.29) is 48.1 Å². The van der Waals surface area contributed by atoms with Gasteiger partial charge in [-0.25, -0.2) is 9.78 Å². The van der Waals surface area contributed by atoms with Gasteiger partial charge < -0.3 is 65.5 Å². The molecule has 0 radical (unpaired) electrons. The number of hydrogen-bond acceptors (Lipinski definition) is 14. The fourth-order valence-electron chi connectivity index (χ4n) is 12.8. The number of anilines is 1. The Kier molecular flexibility index (Phi) is 10.9. The van der Waals surface area contributed by atoms with Crippen molar-refractivity contribution in [1.29, 1.82) is 0 Å². The van der Waals surface area contributed by atoms with Crippen LogP contribution in [-0.4, -0.2) is 122 Å². The number of fused-ring (bicyclic) bond motifs is 9. The first-order valence-corrected chi connectivity index (χ1v) is 22.6. The van der Waals surface area contributed by atoms with Gasteiger partial charge in [0, 0.05) is 70.9 Å². The van der Waals surface area contributed by atoms with E-state index in [1.807, 2.05) is 18.2 Å². The summed E-state index contributed by atoms with van der Waals surface area (Å²) in [5.74, 6) is -8.31. The summed E-state index contributed by atoms with van der Waals surface area (Å²) in [6.45, 7) is -1.16. The highest BCUT2D eigenvalue weighted by Gasteiger charge is 2.76. The third-order valence-electron chi connectivity index (χ3n) is 15.6. The number of amides is 1. The van der Waals surface area contributed by atoms with Crippen LogP contribution < -0.4 is 9.64 Å². The molecule has 3 aromatic carbocycles. The summed E-state index contributed by atoms with van der Waals surface area (Å²) < 4.78 is 11.1. The number of benzene rings is 3. The number of allylic oxidation sites excluding steroid dienone is 2. The Balaban J connectivity index is 1.19. The third-order valence-corrected chi connectivity index (χ3v) is 15.6. The summed E-state index contributed by atoms with van der Waals surface area (Å²) in [4.78, 5) is 38.2. The van der Waals surface area contributed by atoms with Gasteiger partial charge >= 0.3 is 11.9 Å². The molecule has 1 aromatic heterocycles. The van der Waals surface area contributed by atoms with Crippen molar-refractivity contribution < 1.29 is 70.1 Å². The van der Waals surface area contributed by atoms with Crippen LogP contribution in [0.2, 0.25) is 0 Å². The minimum Gasteiger partial charge on any atom is -0.508 e. The Morgan fingerprint density at radius 3 is 2.54 bits per heavy atom. The molecule has 6 aliphatic rings. The number of aliphatic hydroxyl groups excluding tert-OH is 5. The molecule has 352 valence electrons. The molecule has 4 aliphatic carbocycles. The van der Waals surface area contributed by atoms with E-state index in [0.29, 0.717) is 35.1 Å². The SMILES string of the molecule is O=C(C=Cc1ccc(O)c(Cc2cnc[nH]2)c1)N1c2cc(OC3(O)OC(CO)C(O)C(O)C3O)c(O)cc2C2C1(C(=O)O)C=C1CC(CO)C=CC12C12CCCCC1CCc1cccc(O)c12. The molecule has 1 saturated heterocycles. The molecule has 2 fully saturated rings. The van der Waals surface area contributed by atoms with Gasteiger partial charge in [-0.05, 0) is 91.1 Å². The van der Waals surface area contributed by atoms with Crippen LogP contribution in [0.15, 0.2) is 90.9 Å². The summed E-state index contributed by atoms with van der Waals surface area (Å²) in [5, 5.41) is 111. The second-order valence-electron chi connectivity index (χ2n) is 18.9. The monoisotopic (exact) mass is 919 g/mol. The van der Waals surface area contributed by atoms with Crippen molar-refractivity contribution in [3.8, 4) is 23.0 Å². The smallest absolute Gasteiger partial charge is 0.355 e. The Morgan fingerprint density at radius 1 is 0.970 bits per heavy atom. The van der Waals surface area contributed by atoms with Crippen molar-refractivity contribution in [1.82, 2.24) is 9.97 Å². The van der Waals surface area contributed by atoms with Crippen LogP contribution in [-0.2, 0) is 32.6 Å². The summed E-state index contributed by atoms with van der Waals surface area (Å²) in [5.41, 5.74) is -0.295. The Hall–Kier alpha value is -6.05. The second kappa shape index (κ2) is 16.3. The average Bonchev–Trinajstić information content (AvgIpc) is 4.02. The van der Waals surface area contributed by atoms with Gasteiger partial charge in [-0.15, -0.1) is 0 Å². The zero-order valence-electron chi connectivity index (χ0n) is 36.3. The number of carbonyl (C=O) groups is 2. The number of aromatic hydroxyl groups is 3. The first-order valence-electron chi connectivity index (χ1n) is 22.6. The molecule has 0 spiro atoms. The quantitative estimate of drug-likeness (QED) is 0.0619. The van der Waals surface area contributed by atoms with Crippen molar-refractivity contribution >= 4 is 23.6 Å². The van der Waals surface area contributed by atoms with Gasteiger partial charge in [0.15, 0.2) is 23.1 Å². The summed E-state index contributed by atoms with van der Waals surface area (Å²) in [6.07, 6.45) is 8.22. The van der Waals surface area contributed by atoms with Crippen LogP contribution in [0.4, 0.5) is 5.69 Å². The number of imidazole rings is 1. The van der Waals surface area contributed by atoms with Crippen molar-refractivity contribution in [3.63, 3.8) is 0 Å². The van der Waals surface area contributed by atoms with Gasteiger partial charge in [0.05, 0.1) is 18.6 Å². The van der Waals surface area contributed by atoms with Crippen LogP contribution in [0.5, 0.6) is 23.0 Å². The largest absolute Gasteiger partial charge is 0.508 e. The lowest BCUT2D eigenvalue weighted by atomic mass is 9.40. The summed E-state index contributed by atoms with van der Waals surface area (Å²) in [6, 6.07) is 12.6. The molecule has 1 saturated carbocycles. The van der Waals surface area contributed by atoms with E-state index < -0.39 is 88.6 Å². The fraction of sp³-hybridized carbons (Fsp3) is 0.420. The number of aromatic amines is 1. The van der Waals surface area contributed by atoms with E-state index in [1.54, 1.807) is 36.5 Å². The predicted octanol–water partition coefficient (Wildman–Crippen LogP) is 3.15. The minimum atomic E-state index is -3.18. The maximum absolute atomic E-state index is 15.3. The molecule has 3 heterocycles. The van der Waals surface area contributed by atoms with Gasteiger partial charge in [0.1, 0.15) is 29.8 Å². The number of nitrogens with zero attached hydrogens (tertiary/aromatic N) is 2. The number of carbonyl (C=O) groups excluding carboxylic acids is 1. The Bertz CT molecular complexity index is 2720. The minimum absolute atomic E-state index is 0.00282. The number of phenols is 3. The van der Waals surface area contributed by atoms with Crippen LogP contribution >= 0.6 is 0 Å². The molecule has 1 amide bonds. The number of hydrogen-bond donors (Lipinski definition) is 11. The topological polar surface area (TPSA) is 287 Å². The predicted molar refractivity (Wildman–Crippen MR) is 238 cm³/mol. The van der Waals surface area contributed by atoms with Crippen LogP contribution in [0.25, 0.3) is 6.08 Å². The zero-order valence-corrected chi connectivity index (χ0v) is 36.3. The van der Waals surface area contributed by atoms with Gasteiger partial charge in [-0.1, -0.05) is 48.8 Å². The molecule has 17 heteroatoms. The van der Waals surface area contributed by atoms with Gasteiger partial charge in [-0.2, -0.15) is 0 Å². The Labute approximate surface area is 384 Å². The van der Waals surface area contributed by atoms with E-state index in [1.165, 1.54) is 30.6 Å². The highest BCUT2D eigenvalue weighted by molar-refractivity contribution is 6.13. The summed E-state index contributed by atoms with van der Waals surface area (Å²) in [7, 11) is 0. The molecule has 11 N–H and O–H groups in total. The lowest BCUT2D eigenvalue weighted by Crippen LogP contribution is -2.67. The number of aromatic nitrogens is 2. The second-order valence-corrected chi connectivity index (χ2v) is 18.9. The van der Waals surface area contributed by atoms with Crippen molar-refractivity contribution in [2.75, 3.05) is 18.1 Å². The number of carboxylic acids is 1. The standard InChI is InChI=1S/C50H53N3O14/c54-23-27-13-15-48(47-14-2-1-5-30(47)10-9-28-4-3-6-36(57)41(28)47)31(17-27)21-49(46(63)64)44(48)33-19-37(58)38(66-50(65)45(62)43(61)42(60)39(24-55)67-50)20-34(33)53(49)40(59)12-8-26-7-11-35(56)29(16-26)18-32-22-51-25-52-32/h3-4,6-8,11-13,15-16,19-22,25,27,30,39,42-45,54-58,60-62,65H,1-2,5,9-10,14,17-18,23-24H2,(H,51,52)(H,63,64). The number of aliphatic hydroxyl groups is 6. The first-order chi connectivity index (χ1) is 32.1. The molecule has 0 bridgehead atoms. The maximum Gasteiger partial charge on any atom is 0.355 e. The molecule has 2 aliphatic heterocycles. The molecular weight excluding hydrogens is 867 g/mol. The molecule has 4 aromatic rings. The van der Waals surface area contributed by atoms with E-state index in [4.69, 9.17) is 9.47 Å². The number of H-pyrrole nitrogens is 1. The number of aliphatic carboxylic acids is 1. The van der Waals surface area contributed by atoms with Crippen molar-refractivity contribution in [2.24, 2.45) is 17.3 Å². The normalized spacial score (nSPS) is 33.9. The van der Waals surface area contributed by atoms with Crippen LogP contribution in [0.1, 0.15) is 78.0 Å². The zero-order chi connectivity index (χ0) is 47.2. The number of phenolic OH excluding ortho intramolecular Hbond substituents is 3. The number of nitrogens with one attached hydrogen (secondary N) is 1. The fourth-order valence-corrected chi connectivity index (χ4v) is 12.8.